The predicted octanol–water partition coefficient (Wildman–Crippen LogP) is 0.874. The summed E-state index contributed by atoms with van der Waals surface area (Å²) in [6.07, 6.45) is 1.05. The fourth-order valence-corrected chi connectivity index (χ4v) is 1.76. The van der Waals surface area contributed by atoms with Gasteiger partial charge in [0, 0.05) is 25.7 Å². The summed E-state index contributed by atoms with van der Waals surface area (Å²) in [6.45, 7) is 3.46. The summed E-state index contributed by atoms with van der Waals surface area (Å²) in [6, 6.07) is 1.16. The standard InChI is InChI=1S/C12H18N4O4/c1-8(2)15(4-5-17)12(18)9-6-11(13-3)14-7-10(9)16(19)20/h6-8,17H,4-5H2,1-3H3,(H,13,14). The summed E-state index contributed by atoms with van der Waals surface area (Å²) >= 11 is 0. The number of carbonyl (C=O) groups excluding carboxylic acids is 1. The van der Waals surface area contributed by atoms with Gasteiger partial charge in [0.15, 0.2) is 0 Å². The van der Waals surface area contributed by atoms with Crippen LogP contribution < -0.4 is 5.32 Å². The van der Waals surface area contributed by atoms with Crippen LogP contribution in [-0.4, -0.2) is 52.1 Å². The Hall–Kier alpha value is -2.22. The first kappa shape index (κ1) is 15.8. The Kier molecular flexibility index (Phi) is 5.39. The van der Waals surface area contributed by atoms with Crippen molar-refractivity contribution in [2.75, 3.05) is 25.5 Å². The highest BCUT2D eigenvalue weighted by Crippen LogP contribution is 2.22. The van der Waals surface area contributed by atoms with E-state index in [-0.39, 0.29) is 30.4 Å². The highest BCUT2D eigenvalue weighted by atomic mass is 16.6. The second-order valence-corrected chi connectivity index (χ2v) is 4.41. The summed E-state index contributed by atoms with van der Waals surface area (Å²) in [7, 11) is 1.61. The van der Waals surface area contributed by atoms with Gasteiger partial charge in [-0.05, 0) is 13.8 Å². The molecular formula is C12H18N4O4. The number of hydrogen-bond acceptors (Lipinski definition) is 6. The molecule has 0 aliphatic heterocycles. The highest BCUT2D eigenvalue weighted by molar-refractivity contribution is 5.98. The smallest absolute Gasteiger partial charge is 0.300 e. The van der Waals surface area contributed by atoms with Gasteiger partial charge in [-0.2, -0.15) is 0 Å². The monoisotopic (exact) mass is 282 g/mol. The van der Waals surface area contributed by atoms with Crippen LogP contribution in [0.4, 0.5) is 11.5 Å². The second kappa shape index (κ2) is 6.80. The number of carbonyl (C=O) groups is 1. The lowest BCUT2D eigenvalue weighted by molar-refractivity contribution is -0.385. The number of amides is 1. The molecule has 0 spiro atoms. The lowest BCUT2D eigenvalue weighted by Gasteiger charge is -2.25. The number of nitrogens with one attached hydrogen (secondary N) is 1. The molecule has 110 valence electrons. The van der Waals surface area contributed by atoms with Crippen LogP contribution in [0.15, 0.2) is 12.3 Å². The van der Waals surface area contributed by atoms with Crippen molar-refractivity contribution in [2.45, 2.75) is 19.9 Å². The van der Waals surface area contributed by atoms with Crippen molar-refractivity contribution < 1.29 is 14.8 Å². The maximum Gasteiger partial charge on any atom is 0.300 e. The van der Waals surface area contributed by atoms with Gasteiger partial charge in [0.1, 0.15) is 17.6 Å². The van der Waals surface area contributed by atoms with E-state index in [1.807, 2.05) is 0 Å². The number of nitro groups is 1. The summed E-state index contributed by atoms with van der Waals surface area (Å²) < 4.78 is 0. The third-order valence-electron chi connectivity index (χ3n) is 2.79. The lowest BCUT2D eigenvalue weighted by Crippen LogP contribution is -2.39. The first-order valence-electron chi connectivity index (χ1n) is 6.16. The Morgan fingerprint density at radius 3 is 2.70 bits per heavy atom. The molecule has 8 nitrogen and oxygen atoms in total. The van der Waals surface area contributed by atoms with Crippen LogP contribution in [0.25, 0.3) is 0 Å². The Morgan fingerprint density at radius 2 is 2.25 bits per heavy atom. The van der Waals surface area contributed by atoms with Gasteiger partial charge in [-0.1, -0.05) is 0 Å². The summed E-state index contributed by atoms with van der Waals surface area (Å²) in [5.74, 6) is -0.133. The Bertz CT molecular complexity index is 504. The van der Waals surface area contributed by atoms with E-state index in [4.69, 9.17) is 5.11 Å². The lowest BCUT2D eigenvalue weighted by atomic mass is 10.1. The van der Waals surface area contributed by atoms with Crippen LogP contribution in [0.2, 0.25) is 0 Å². The van der Waals surface area contributed by atoms with Gasteiger partial charge < -0.3 is 15.3 Å². The van der Waals surface area contributed by atoms with Crippen molar-refractivity contribution in [1.82, 2.24) is 9.88 Å². The topological polar surface area (TPSA) is 109 Å². The number of aliphatic hydroxyl groups is 1. The van der Waals surface area contributed by atoms with E-state index >= 15 is 0 Å². The number of pyridine rings is 1. The molecule has 0 fully saturated rings. The van der Waals surface area contributed by atoms with Gasteiger partial charge in [-0.15, -0.1) is 0 Å². The van der Waals surface area contributed by atoms with Gasteiger partial charge in [-0.3, -0.25) is 14.9 Å². The van der Waals surface area contributed by atoms with Crippen molar-refractivity contribution in [3.63, 3.8) is 0 Å². The van der Waals surface area contributed by atoms with Crippen molar-refractivity contribution >= 4 is 17.4 Å². The average Bonchev–Trinajstić information content (AvgIpc) is 2.42. The average molecular weight is 282 g/mol. The summed E-state index contributed by atoms with van der Waals surface area (Å²) in [4.78, 5) is 28.0. The van der Waals surface area contributed by atoms with E-state index in [1.54, 1.807) is 20.9 Å². The molecule has 0 unspecified atom stereocenters. The van der Waals surface area contributed by atoms with E-state index in [1.165, 1.54) is 11.0 Å². The van der Waals surface area contributed by atoms with Crippen LogP contribution in [0.5, 0.6) is 0 Å². The first-order chi connectivity index (χ1) is 9.42. The molecule has 1 amide bonds. The summed E-state index contributed by atoms with van der Waals surface area (Å²) in [5.41, 5.74) is -0.394. The van der Waals surface area contributed by atoms with Gasteiger partial charge in [0.05, 0.1) is 11.5 Å². The molecular weight excluding hydrogens is 264 g/mol. The largest absolute Gasteiger partial charge is 0.395 e. The van der Waals surface area contributed by atoms with Crippen molar-refractivity contribution in [1.29, 1.82) is 0 Å². The Morgan fingerprint density at radius 1 is 1.60 bits per heavy atom. The molecule has 0 aliphatic rings. The molecule has 0 saturated heterocycles. The minimum Gasteiger partial charge on any atom is -0.395 e. The Labute approximate surface area is 116 Å². The number of hydrogen-bond donors (Lipinski definition) is 2. The fourth-order valence-electron chi connectivity index (χ4n) is 1.76. The molecule has 1 aromatic heterocycles. The van der Waals surface area contributed by atoms with Crippen LogP contribution in [-0.2, 0) is 0 Å². The van der Waals surface area contributed by atoms with Crippen molar-refractivity contribution in [3.8, 4) is 0 Å². The van der Waals surface area contributed by atoms with E-state index in [9.17, 15) is 14.9 Å². The SMILES string of the molecule is CNc1cc(C(=O)N(CCO)C(C)C)c([N+](=O)[O-])cn1. The molecule has 0 saturated carbocycles. The second-order valence-electron chi connectivity index (χ2n) is 4.41. The Balaban J connectivity index is 3.27. The molecule has 2 N–H and O–H groups in total. The number of aromatic nitrogens is 1. The van der Waals surface area contributed by atoms with Crippen molar-refractivity contribution in [2.24, 2.45) is 0 Å². The van der Waals surface area contributed by atoms with Crippen molar-refractivity contribution in [3.05, 3.63) is 27.9 Å². The minimum absolute atomic E-state index is 0.0449. The maximum atomic E-state index is 12.4. The van der Waals surface area contributed by atoms with Gasteiger partial charge in [0.2, 0.25) is 0 Å². The molecule has 1 heterocycles. The van der Waals surface area contributed by atoms with Crippen LogP contribution in [0, 0.1) is 10.1 Å². The van der Waals surface area contributed by atoms with E-state index < -0.39 is 10.8 Å². The van der Waals surface area contributed by atoms with E-state index in [0.29, 0.717) is 5.82 Å². The number of aliphatic hydroxyl groups excluding tert-OH is 1. The van der Waals surface area contributed by atoms with Crippen LogP contribution in [0.3, 0.4) is 0 Å². The molecule has 1 rings (SSSR count). The zero-order valence-corrected chi connectivity index (χ0v) is 11.7. The molecule has 8 heteroatoms. The van der Waals surface area contributed by atoms with Crippen LogP contribution >= 0.6 is 0 Å². The van der Waals surface area contributed by atoms with Gasteiger partial charge in [-0.25, -0.2) is 4.98 Å². The summed E-state index contributed by atoms with van der Waals surface area (Å²) in [5, 5.41) is 22.7. The van der Waals surface area contributed by atoms with Gasteiger partial charge >= 0.3 is 0 Å². The quantitative estimate of drug-likeness (QED) is 0.592. The number of anilines is 1. The highest BCUT2D eigenvalue weighted by Gasteiger charge is 2.27. The predicted molar refractivity (Wildman–Crippen MR) is 73.7 cm³/mol. The molecule has 1 aromatic rings. The normalized spacial score (nSPS) is 10.4. The minimum atomic E-state index is -0.642. The first-order valence-corrected chi connectivity index (χ1v) is 6.16. The number of rotatable bonds is 6. The van der Waals surface area contributed by atoms with Crippen LogP contribution in [0.1, 0.15) is 24.2 Å². The number of nitrogens with zero attached hydrogens (tertiary/aromatic N) is 3. The molecule has 0 aromatic carbocycles. The van der Waals surface area contributed by atoms with Gasteiger partial charge in [0.25, 0.3) is 11.6 Å². The fraction of sp³-hybridized carbons (Fsp3) is 0.500. The van der Waals surface area contributed by atoms with E-state index in [0.717, 1.165) is 6.20 Å². The molecule has 20 heavy (non-hydrogen) atoms. The molecule has 0 aliphatic carbocycles. The molecule has 0 radical (unpaired) electrons. The zero-order valence-electron chi connectivity index (χ0n) is 11.7. The third-order valence-corrected chi connectivity index (χ3v) is 2.79. The maximum absolute atomic E-state index is 12.4. The molecule has 0 bridgehead atoms. The molecule has 0 atom stereocenters. The zero-order chi connectivity index (χ0) is 15.3. The third kappa shape index (κ3) is 3.41. The van der Waals surface area contributed by atoms with E-state index in [2.05, 4.69) is 10.3 Å².